The van der Waals surface area contributed by atoms with E-state index in [9.17, 15) is 13.2 Å². The van der Waals surface area contributed by atoms with Crippen molar-refractivity contribution in [2.75, 3.05) is 13.2 Å². The fraction of sp³-hybridized carbons (Fsp3) is 0.375. The van der Waals surface area contributed by atoms with Crippen LogP contribution in [0, 0.1) is 0 Å². The van der Waals surface area contributed by atoms with Crippen molar-refractivity contribution in [2.45, 2.75) is 50.0 Å². The van der Waals surface area contributed by atoms with Gasteiger partial charge in [0.1, 0.15) is 5.75 Å². The van der Waals surface area contributed by atoms with Crippen molar-refractivity contribution >= 4 is 15.9 Å². The zero-order chi connectivity index (χ0) is 22.1. The van der Waals surface area contributed by atoms with E-state index < -0.39 is 10.0 Å². The molecule has 7 heteroatoms. The lowest BCUT2D eigenvalue weighted by molar-refractivity contribution is -0.123. The largest absolute Gasteiger partial charge is 0.484 e. The molecule has 0 aliphatic heterocycles. The van der Waals surface area contributed by atoms with Gasteiger partial charge >= 0.3 is 0 Å². The van der Waals surface area contributed by atoms with Gasteiger partial charge in [-0.1, -0.05) is 42.0 Å². The van der Waals surface area contributed by atoms with Gasteiger partial charge in [-0.05, 0) is 68.9 Å². The monoisotopic (exact) mass is 442 g/mol. The first kappa shape index (κ1) is 23.0. The molecule has 0 radical (unpaired) electrons. The molecule has 1 atom stereocenters. The lowest BCUT2D eigenvalue weighted by Gasteiger charge is -2.15. The van der Waals surface area contributed by atoms with Gasteiger partial charge in [0.05, 0.1) is 4.90 Å². The number of amides is 1. The summed E-state index contributed by atoms with van der Waals surface area (Å²) in [4.78, 5) is 12.1. The first-order valence-corrected chi connectivity index (χ1v) is 12.2. The maximum atomic E-state index is 12.6. The molecule has 0 saturated heterocycles. The van der Waals surface area contributed by atoms with Gasteiger partial charge < -0.3 is 10.1 Å². The minimum Gasteiger partial charge on any atom is -0.484 e. The molecule has 1 amide bonds. The number of allylic oxidation sites excluding steroid dienone is 1. The Kier molecular flexibility index (Phi) is 8.26. The number of carbonyl (C=O) groups excluding carboxylic acids is 1. The van der Waals surface area contributed by atoms with E-state index in [0.717, 1.165) is 24.8 Å². The van der Waals surface area contributed by atoms with E-state index in [1.54, 1.807) is 19.1 Å². The maximum absolute atomic E-state index is 12.6. The molecular weight excluding hydrogens is 412 g/mol. The first-order chi connectivity index (χ1) is 14.9. The normalized spacial score (nSPS) is 15.1. The Hall–Kier alpha value is -2.64. The van der Waals surface area contributed by atoms with Gasteiger partial charge in [0.25, 0.3) is 5.91 Å². The summed E-state index contributed by atoms with van der Waals surface area (Å²) < 4.78 is 33.4. The molecule has 0 heterocycles. The van der Waals surface area contributed by atoms with E-state index in [1.807, 2.05) is 30.3 Å². The molecule has 2 N–H and O–H groups in total. The topological polar surface area (TPSA) is 84.5 Å². The minimum atomic E-state index is -3.67. The van der Waals surface area contributed by atoms with Crippen LogP contribution in [0.4, 0.5) is 0 Å². The summed E-state index contributed by atoms with van der Waals surface area (Å²) in [5, 5.41) is 2.86. The smallest absolute Gasteiger partial charge is 0.257 e. The van der Waals surface area contributed by atoms with Crippen molar-refractivity contribution in [1.82, 2.24) is 10.0 Å². The molecule has 2 aromatic rings. The van der Waals surface area contributed by atoms with Crippen molar-refractivity contribution in [2.24, 2.45) is 0 Å². The molecule has 0 spiro atoms. The lowest BCUT2D eigenvalue weighted by atomic mass is 9.97. The Bertz CT molecular complexity index is 986. The summed E-state index contributed by atoms with van der Waals surface area (Å²) in [6.07, 6.45) is 7.91. The molecule has 31 heavy (non-hydrogen) atoms. The number of sulfonamides is 1. The SMILES string of the molecule is CC(NS(=O)(=O)c1ccc(OCC(=O)NCCC2=CCCCC2)cc1)c1ccccc1. The van der Waals surface area contributed by atoms with E-state index >= 15 is 0 Å². The van der Waals surface area contributed by atoms with Gasteiger partial charge in [-0.3, -0.25) is 4.79 Å². The van der Waals surface area contributed by atoms with Gasteiger partial charge in [-0.25, -0.2) is 13.1 Å². The van der Waals surface area contributed by atoms with Crippen LogP contribution in [-0.2, 0) is 14.8 Å². The van der Waals surface area contributed by atoms with Crippen LogP contribution in [0.2, 0.25) is 0 Å². The fourth-order valence-electron chi connectivity index (χ4n) is 3.52. The average molecular weight is 443 g/mol. The van der Waals surface area contributed by atoms with E-state index in [0.29, 0.717) is 12.3 Å². The highest BCUT2D eigenvalue weighted by Crippen LogP contribution is 2.20. The van der Waals surface area contributed by atoms with Crippen LogP contribution < -0.4 is 14.8 Å². The summed E-state index contributed by atoms with van der Waals surface area (Å²) in [6.45, 7) is 2.30. The van der Waals surface area contributed by atoms with Crippen molar-refractivity contribution in [3.8, 4) is 5.75 Å². The predicted octanol–water partition coefficient (Wildman–Crippen LogP) is 4.11. The Morgan fingerprint density at radius 1 is 1.06 bits per heavy atom. The van der Waals surface area contributed by atoms with E-state index in [2.05, 4.69) is 16.1 Å². The standard InChI is InChI=1S/C24H30N2O4S/c1-19(21-10-6-3-7-11-21)26-31(28,29)23-14-12-22(13-15-23)30-18-24(27)25-17-16-20-8-4-2-5-9-20/h3,6-8,10-15,19,26H,2,4-5,9,16-18H2,1H3,(H,25,27). The van der Waals surface area contributed by atoms with Gasteiger partial charge in [-0.15, -0.1) is 0 Å². The van der Waals surface area contributed by atoms with Crippen LogP contribution in [0.3, 0.4) is 0 Å². The molecule has 2 aromatic carbocycles. The Labute approximate surface area is 184 Å². The molecule has 0 aromatic heterocycles. The van der Waals surface area contributed by atoms with Crippen LogP contribution in [-0.4, -0.2) is 27.5 Å². The van der Waals surface area contributed by atoms with Crippen molar-refractivity contribution < 1.29 is 17.9 Å². The number of hydrogen-bond donors (Lipinski definition) is 2. The molecule has 0 saturated carbocycles. The quantitative estimate of drug-likeness (QED) is 0.542. The number of benzene rings is 2. The highest BCUT2D eigenvalue weighted by Gasteiger charge is 2.18. The van der Waals surface area contributed by atoms with Gasteiger partial charge in [-0.2, -0.15) is 0 Å². The van der Waals surface area contributed by atoms with Gasteiger partial charge in [0, 0.05) is 12.6 Å². The second-order valence-electron chi connectivity index (χ2n) is 7.72. The van der Waals surface area contributed by atoms with Crippen molar-refractivity contribution in [3.63, 3.8) is 0 Å². The van der Waals surface area contributed by atoms with Gasteiger partial charge in [0.15, 0.2) is 6.61 Å². The summed E-state index contributed by atoms with van der Waals surface area (Å²) in [6, 6.07) is 15.1. The molecule has 6 nitrogen and oxygen atoms in total. The van der Waals surface area contributed by atoms with Crippen molar-refractivity contribution in [1.29, 1.82) is 0 Å². The first-order valence-electron chi connectivity index (χ1n) is 10.7. The minimum absolute atomic E-state index is 0.103. The maximum Gasteiger partial charge on any atom is 0.257 e. The highest BCUT2D eigenvalue weighted by molar-refractivity contribution is 7.89. The number of carbonyl (C=O) groups is 1. The fourth-order valence-corrected chi connectivity index (χ4v) is 4.75. The molecule has 0 bridgehead atoms. The van der Waals surface area contributed by atoms with Crippen LogP contribution in [0.15, 0.2) is 71.1 Å². The molecular formula is C24H30N2O4S. The second kappa shape index (κ2) is 11.1. The third-order valence-corrected chi connectivity index (χ3v) is 6.85. The highest BCUT2D eigenvalue weighted by atomic mass is 32.2. The molecule has 1 aliphatic carbocycles. The summed E-state index contributed by atoms with van der Waals surface area (Å²) in [5.41, 5.74) is 2.30. The van der Waals surface area contributed by atoms with Crippen LogP contribution in [0.5, 0.6) is 5.75 Å². The van der Waals surface area contributed by atoms with E-state index in [-0.39, 0.29) is 23.5 Å². The van der Waals surface area contributed by atoms with Crippen LogP contribution >= 0.6 is 0 Å². The van der Waals surface area contributed by atoms with Crippen LogP contribution in [0.25, 0.3) is 0 Å². The summed E-state index contributed by atoms with van der Waals surface area (Å²) >= 11 is 0. The second-order valence-corrected chi connectivity index (χ2v) is 9.44. The molecule has 1 unspecified atom stereocenters. The molecule has 3 rings (SSSR count). The zero-order valence-electron chi connectivity index (χ0n) is 17.8. The number of nitrogens with one attached hydrogen (secondary N) is 2. The summed E-state index contributed by atoms with van der Waals surface area (Å²) in [7, 11) is -3.67. The Balaban J connectivity index is 1.45. The van der Waals surface area contributed by atoms with Gasteiger partial charge in [0.2, 0.25) is 10.0 Å². The average Bonchev–Trinajstić information content (AvgIpc) is 2.79. The van der Waals surface area contributed by atoms with Crippen LogP contribution in [0.1, 0.15) is 50.6 Å². The van der Waals surface area contributed by atoms with Crippen molar-refractivity contribution in [3.05, 3.63) is 71.8 Å². The van der Waals surface area contributed by atoms with E-state index in [4.69, 9.17) is 4.74 Å². The van der Waals surface area contributed by atoms with E-state index in [1.165, 1.54) is 30.5 Å². The molecule has 166 valence electrons. The number of hydrogen-bond acceptors (Lipinski definition) is 4. The third-order valence-electron chi connectivity index (χ3n) is 5.29. The predicted molar refractivity (Wildman–Crippen MR) is 121 cm³/mol. The summed E-state index contributed by atoms with van der Waals surface area (Å²) in [5.74, 6) is 0.256. The number of rotatable bonds is 10. The molecule has 0 fully saturated rings. The lowest BCUT2D eigenvalue weighted by Crippen LogP contribution is -2.30. The Morgan fingerprint density at radius 2 is 1.81 bits per heavy atom. The molecule has 1 aliphatic rings. The third kappa shape index (κ3) is 7.22. The number of ether oxygens (including phenoxy) is 1. The zero-order valence-corrected chi connectivity index (χ0v) is 18.7. The Morgan fingerprint density at radius 3 is 2.48 bits per heavy atom.